The Balaban J connectivity index is 1.85. The summed E-state index contributed by atoms with van der Waals surface area (Å²) in [6, 6.07) is 11.3. The van der Waals surface area contributed by atoms with Crippen LogP contribution in [0.4, 0.5) is 0 Å². The Morgan fingerprint density at radius 3 is 2.57 bits per heavy atom. The van der Waals surface area contributed by atoms with Gasteiger partial charge in [-0.2, -0.15) is 0 Å². The van der Waals surface area contributed by atoms with Crippen molar-refractivity contribution in [2.24, 2.45) is 5.73 Å². The molecule has 0 amide bonds. The molecule has 0 aliphatic carbocycles. The molecule has 0 aliphatic rings. The number of thioether (sulfide) groups is 1. The van der Waals surface area contributed by atoms with Crippen molar-refractivity contribution in [3.05, 3.63) is 59.0 Å². The van der Waals surface area contributed by atoms with Crippen LogP contribution < -0.4 is 5.73 Å². The van der Waals surface area contributed by atoms with Crippen LogP contribution in [0, 0.1) is 0 Å². The van der Waals surface area contributed by atoms with Gasteiger partial charge in [0.25, 0.3) is 0 Å². The normalized spacial score (nSPS) is 10.3. The van der Waals surface area contributed by atoms with Crippen LogP contribution in [0.2, 0.25) is 0 Å². The predicted octanol–water partition coefficient (Wildman–Crippen LogP) is 3.13. The van der Waals surface area contributed by atoms with Gasteiger partial charge in [-0.3, -0.25) is 0 Å². The second-order valence-electron chi connectivity index (χ2n) is 4.31. The predicted molar refractivity (Wildman–Crippen MR) is 87.4 cm³/mol. The summed E-state index contributed by atoms with van der Waals surface area (Å²) in [5.41, 5.74) is 7.60. The minimum atomic E-state index is -0.459. The van der Waals surface area contributed by atoms with E-state index < -0.39 is 5.97 Å². The number of carbonyl (C=O) groups is 1. The molecule has 4 nitrogen and oxygen atoms in total. The summed E-state index contributed by atoms with van der Waals surface area (Å²) in [5, 5.41) is 0. The Hall–Kier alpha value is -1.79. The number of hydrogen-bond acceptors (Lipinski definition) is 5. The zero-order valence-corrected chi connectivity index (χ0v) is 13.1. The molecule has 0 unspecified atom stereocenters. The number of esters is 1. The minimum absolute atomic E-state index is 0.230. The van der Waals surface area contributed by atoms with Gasteiger partial charge in [-0.15, -0.1) is 11.8 Å². The Labute approximate surface area is 132 Å². The largest absolute Gasteiger partial charge is 0.463 e. The molecule has 21 heavy (non-hydrogen) atoms. The number of rotatable bonds is 6. The second-order valence-corrected chi connectivity index (χ2v) is 5.74. The van der Waals surface area contributed by atoms with Gasteiger partial charge in [-0.1, -0.05) is 36.5 Å². The first kappa shape index (κ1) is 15.6. The quantitative estimate of drug-likeness (QED) is 0.651. The van der Waals surface area contributed by atoms with Gasteiger partial charge >= 0.3 is 5.97 Å². The highest BCUT2D eigenvalue weighted by molar-refractivity contribution is 7.97. The molecule has 0 aliphatic heterocycles. The van der Waals surface area contributed by atoms with Crippen molar-refractivity contribution in [1.82, 2.24) is 0 Å². The Kier molecular flexibility index (Phi) is 5.41. The van der Waals surface area contributed by atoms with Crippen molar-refractivity contribution in [2.45, 2.75) is 11.5 Å². The van der Waals surface area contributed by atoms with Gasteiger partial charge in [-0.05, 0) is 17.7 Å². The molecule has 1 aromatic heterocycles. The molecule has 0 saturated heterocycles. The molecule has 0 fully saturated rings. The third-order valence-corrected chi connectivity index (χ3v) is 4.06. The number of ether oxygens (including phenoxy) is 1. The standard InChI is InChI=1S/C15H15NO3S2/c1-18-15(17)13-7-6-12(19-13)9-21-8-10-2-4-11(5-3-10)14(16)20/h2-7H,8-9H2,1H3,(H2,16,20). The van der Waals surface area contributed by atoms with Crippen LogP contribution in [-0.4, -0.2) is 18.1 Å². The van der Waals surface area contributed by atoms with Crippen LogP contribution in [0.3, 0.4) is 0 Å². The number of carbonyl (C=O) groups excluding carboxylic acids is 1. The van der Waals surface area contributed by atoms with E-state index in [0.29, 0.717) is 10.7 Å². The van der Waals surface area contributed by atoms with Crippen LogP contribution in [0.1, 0.15) is 27.4 Å². The van der Waals surface area contributed by atoms with Crippen molar-refractivity contribution in [3.8, 4) is 0 Å². The van der Waals surface area contributed by atoms with Crippen molar-refractivity contribution in [1.29, 1.82) is 0 Å². The van der Waals surface area contributed by atoms with E-state index in [-0.39, 0.29) is 5.76 Å². The van der Waals surface area contributed by atoms with Gasteiger partial charge in [0.2, 0.25) is 5.76 Å². The van der Waals surface area contributed by atoms with E-state index in [1.165, 1.54) is 12.7 Å². The first-order valence-electron chi connectivity index (χ1n) is 6.23. The highest BCUT2D eigenvalue weighted by Gasteiger charge is 2.10. The summed E-state index contributed by atoms with van der Waals surface area (Å²) in [6.45, 7) is 0. The van der Waals surface area contributed by atoms with Crippen LogP contribution in [0.15, 0.2) is 40.8 Å². The van der Waals surface area contributed by atoms with Gasteiger partial charge in [0, 0.05) is 11.3 Å². The fourth-order valence-corrected chi connectivity index (χ4v) is 2.72. The van der Waals surface area contributed by atoms with Crippen molar-refractivity contribution in [2.75, 3.05) is 7.11 Å². The SMILES string of the molecule is COC(=O)c1ccc(CSCc2ccc(C(N)=S)cc2)o1. The molecule has 0 saturated carbocycles. The Bertz CT molecular complexity index is 635. The fraction of sp³-hybridized carbons (Fsp3) is 0.200. The van der Waals surface area contributed by atoms with Crippen molar-refractivity contribution in [3.63, 3.8) is 0 Å². The number of methoxy groups -OCH3 is 1. The molecular formula is C15H15NO3S2. The van der Waals surface area contributed by atoms with Crippen molar-refractivity contribution < 1.29 is 13.9 Å². The summed E-state index contributed by atoms with van der Waals surface area (Å²) in [5.74, 6) is 2.05. The number of benzene rings is 1. The van der Waals surface area contributed by atoms with E-state index in [1.54, 1.807) is 23.9 Å². The summed E-state index contributed by atoms with van der Waals surface area (Å²) in [7, 11) is 1.33. The number of hydrogen-bond donors (Lipinski definition) is 1. The summed E-state index contributed by atoms with van der Waals surface area (Å²) in [4.78, 5) is 11.7. The topological polar surface area (TPSA) is 65.5 Å². The third-order valence-electron chi connectivity index (χ3n) is 2.80. The molecule has 0 spiro atoms. The molecular weight excluding hydrogens is 306 g/mol. The van der Waals surface area contributed by atoms with Gasteiger partial charge in [0.1, 0.15) is 10.7 Å². The highest BCUT2D eigenvalue weighted by atomic mass is 32.2. The lowest BCUT2D eigenvalue weighted by Crippen LogP contribution is -2.08. The molecule has 0 radical (unpaired) electrons. The van der Waals surface area contributed by atoms with Gasteiger partial charge in [0.15, 0.2) is 0 Å². The van der Waals surface area contributed by atoms with Crippen LogP contribution in [-0.2, 0) is 16.2 Å². The lowest BCUT2D eigenvalue weighted by molar-refractivity contribution is 0.0563. The summed E-state index contributed by atoms with van der Waals surface area (Å²) >= 11 is 6.61. The van der Waals surface area contributed by atoms with Gasteiger partial charge in [-0.25, -0.2) is 4.79 Å². The van der Waals surface area contributed by atoms with E-state index in [9.17, 15) is 4.79 Å². The fourth-order valence-electron chi connectivity index (χ4n) is 1.70. The van der Waals surface area contributed by atoms with Crippen LogP contribution in [0.5, 0.6) is 0 Å². The lowest BCUT2D eigenvalue weighted by Gasteiger charge is -2.02. The van der Waals surface area contributed by atoms with E-state index in [0.717, 1.165) is 17.1 Å². The van der Waals surface area contributed by atoms with Crippen LogP contribution in [0.25, 0.3) is 0 Å². The molecule has 0 bridgehead atoms. The van der Waals surface area contributed by atoms with Crippen LogP contribution >= 0.6 is 24.0 Å². The Morgan fingerprint density at radius 1 is 1.24 bits per heavy atom. The second kappa shape index (κ2) is 7.28. The molecule has 1 heterocycles. The number of furan rings is 1. The maximum atomic E-state index is 11.3. The maximum absolute atomic E-state index is 11.3. The monoisotopic (exact) mass is 321 g/mol. The minimum Gasteiger partial charge on any atom is -0.463 e. The smallest absolute Gasteiger partial charge is 0.373 e. The average Bonchev–Trinajstić information content (AvgIpc) is 2.96. The Morgan fingerprint density at radius 2 is 1.95 bits per heavy atom. The van der Waals surface area contributed by atoms with E-state index in [1.807, 2.05) is 24.3 Å². The van der Waals surface area contributed by atoms with Crippen molar-refractivity contribution >= 4 is 34.9 Å². The van der Waals surface area contributed by atoms with E-state index in [4.69, 9.17) is 22.4 Å². The molecule has 2 rings (SSSR count). The van der Waals surface area contributed by atoms with E-state index in [2.05, 4.69) is 4.74 Å². The molecule has 1 aromatic carbocycles. The zero-order valence-electron chi connectivity index (χ0n) is 11.5. The third kappa shape index (κ3) is 4.34. The lowest BCUT2D eigenvalue weighted by atomic mass is 10.1. The first-order chi connectivity index (χ1) is 10.1. The summed E-state index contributed by atoms with van der Waals surface area (Å²) < 4.78 is 9.99. The molecule has 2 N–H and O–H groups in total. The first-order valence-corrected chi connectivity index (χ1v) is 7.80. The van der Waals surface area contributed by atoms with E-state index >= 15 is 0 Å². The average molecular weight is 321 g/mol. The molecule has 110 valence electrons. The summed E-state index contributed by atoms with van der Waals surface area (Å²) in [6.07, 6.45) is 0. The van der Waals surface area contributed by atoms with Gasteiger partial charge in [0.05, 0.1) is 12.9 Å². The molecule has 0 atom stereocenters. The maximum Gasteiger partial charge on any atom is 0.373 e. The van der Waals surface area contributed by atoms with Gasteiger partial charge < -0.3 is 14.9 Å². The molecule has 2 aromatic rings. The zero-order chi connectivity index (χ0) is 15.2. The highest BCUT2D eigenvalue weighted by Crippen LogP contribution is 2.20. The number of nitrogens with two attached hydrogens (primary N) is 1. The number of thiocarbonyl (C=S) groups is 1. The molecule has 6 heteroatoms.